The SMILES string of the molecule is Cc1cc(C)c2nc(N(Cc3cccnc3)C(=O)c3ccnn3C)sc2c1. The molecule has 4 aromatic rings. The summed E-state index contributed by atoms with van der Waals surface area (Å²) in [6.45, 7) is 4.52. The lowest BCUT2D eigenvalue weighted by atomic mass is 10.1. The van der Waals surface area contributed by atoms with Crippen molar-refractivity contribution in [2.75, 3.05) is 4.90 Å². The number of hydrogen-bond acceptors (Lipinski definition) is 5. The fraction of sp³-hybridized carbons (Fsp3) is 0.200. The summed E-state index contributed by atoms with van der Waals surface area (Å²) < 4.78 is 2.66. The van der Waals surface area contributed by atoms with Crippen LogP contribution in [0.25, 0.3) is 10.2 Å². The number of pyridine rings is 1. The molecule has 0 unspecified atom stereocenters. The van der Waals surface area contributed by atoms with Gasteiger partial charge in [0.2, 0.25) is 0 Å². The van der Waals surface area contributed by atoms with Crippen molar-refractivity contribution in [2.24, 2.45) is 7.05 Å². The van der Waals surface area contributed by atoms with Gasteiger partial charge in [-0.15, -0.1) is 0 Å². The summed E-state index contributed by atoms with van der Waals surface area (Å²) in [5.41, 5.74) is 4.70. The Morgan fingerprint density at radius 3 is 2.78 bits per heavy atom. The van der Waals surface area contributed by atoms with E-state index in [9.17, 15) is 4.79 Å². The van der Waals surface area contributed by atoms with Gasteiger partial charge in [-0.2, -0.15) is 5.10 Å². The van der Waals surface area contributed by atoms with Crippen LogP contribution in [0, 0.1) is 13.8 Å². The van der Waals surface area contributed by atoms with Gasteiger partial charge in [0.1, 0.15) is 5.69 Å². The molecule has 3 aromatic heterocycles. The molecular weight excluding hydrogens is 358 g/mol. The van der Waals surface area contributed by atoms with E-state index in [1.54, 1.807) is 41.3 Å². The lowest BCUT2D eigenvalue weighted by molar-refractivity contribution is 0.0976. The average molecular weight is 377 g/mol. The van der Waals surface area contributed by atoms with Gasteiger partial charge in [-0.05, 0) is 48.7 Å². The van der Waals surface area contributed by atoms with E-state index in [-0.39, 0.29) is 5.91 Å². The highest BCUT2D eigenvalue weighted by Crippen LogP contribution is 2.33. The van der Waals surface area contributed by atoms with Crippen LogP contribution in [0.5, 0.6) is 0 Å². The highest BCUT2D eigenvalue weighted by atomic mass is 32.1. The predicted molar refractivity (Wildman–Crippen MR) is 107 cm³/mol. The van der Waals surface area contributed by atoms with Crippen molar-refractivity contribution in [3.05, 3.63) is 71.3 Å². The zero-order valence-electron chi connectivity index (χ0n) is 15.4. The molecule has 0 aliphatic heterocycles. The summed E-state index contributed by atoms with van der Waals surface area (Å²) in [4.78, 5) is 23.9. The molecular formula is C20H19N5OS. The Kier molecular flexibility index (Phi) is 4.45. The lowest BCUT2D eigenvalue weighted by Gasteiger charge is -2.19. The summed E-state index contributed by atoms with van der Waals surface area (Å²) in [5, 5.41) is 4.80. The number of carbonyl (C=O) groups is 1. The van der Waals surface area contributed by atoms with E-state index in [1.807, 2.05) is 19.1 Å². The number of carbonyl (C=O) groups excluding carboxylic acids is 1. The average Bonchev–Trinajstić information content (AvgIpc) is 3.26. The van der Waals surface area contributed by atoms with Crippen LogP contribution in [0.1, 0.15) is 27.2 Å². The van der Waals surface area contributed by atoms with E-state index >= 15 is 0 Å². The first-order chi connectivity index (χ1) is 13.0. The molecule has 0 aliphatic carbocycles. The van der Waals surface area contributed by atoms with Crippen LogP contribution in [-0.4, -0.2) is 25.7 Å². The van der Waals surface area contributed by atoms with Crippen LogP contribution in [0.3, 0.4) is 0 Å². The van der Waals surface area contributed by atoms with Crippen molar-refractivity contribution in [3.8, 4) is 0 Å². The maximum Gasteiger partial charge on any atom is 0.278 e. The summed E-state index contributed by atoms with van der Waals surface area (Å²) >= 11 is 1.53. The van der Waals surface area contributed by atoms with Crippen molar-refractivity contribution in [3.63, 3.8) is 0 Å². The summed E-state index contributed by atoms with van der Waals surface area (Å²) in [5.74, 6) is -0.132. The Morgan fingerprint density at radius 1 is 1.22 bits per heavy atom. The van der Waals surface area contributed by atoms with Gasteiger partial charge in [0.25, 0.3) is 5.91 Å². The second-order valence-corrected chi connectivity index (χ2v) is 7.53. The van der Waals surface area contributed by atoms with Gasteiger partial charge in [0, 0.05) is 25.6 Å². The number of benzene rings is 1. The first-order valence-corrected chi connectivity index (χ1v) is 9.41. The van der Waals surface area contributed by atoms with Crippen molar-refractivity contribution < 1.29 is 4.79 Å². The number of nitrogens with zero attached hydrogens (tertiary/aromatic N) is 5. The molecule has 7 heteroatoms. The molecule has 0 spiro atoms. The van der Waals surface area contributed by atoms with Crippen molar-refractivity contribution in [1.29, 1.82) is 0 Å². The molecule has 1 amide bonds. The molecule has 0 saturated carbocycles. The summed E-state index contributed by atoms with van der Waals surface area (Å²) in [6.07, 6.45) is 5.12. The van der Waals surface area contributed by atoms with Gasteiger partial charge in [-0.25, -0.2) is 4.98 Å². The fourth-order valence-electron chi connectivity index (χ4n) is 3.10. The predicted octanol–water partition coefficient (Wildman–Crippen LogP) is 3.89. The van der Waals surface area contributed by atoms with Crippen molar-refractivity contribution >= 4 is 32.6 Å². The molecule has 0 atom stereocenters. The van der Waals surface area contributed by atoms with Gasteiger partial charge in [0.15, 0.2) is 5.13 Å². The smallest absolute Gasteiger partial charge is 0.278 e. The molecule has 0 fully saturated rings. The molecule has 136 valence electrons. The van der Waals surface area contributed by atoms with E-state index in [1.165, 1.54) is 16.9 Å². The Hall–Kier alpha value is -3.06. The van der Waals surface area contributed by atoms with Crippen LogP contribution in [0.15, 0.2) is 48.9 Å². The highest BCUT2D eigenvalue weighted by Gasteiger charge is 2.24. The molecule has 27 heavy (non-hydrogen) atoms. The zero-order chi connectivity index (χ0) is 19.0. The monoisotopic (exact) mass is 377 g/mol. The molecule has 0 saturated heterocycles. The molecule has 0 aliphatic rings. The van der Waals surface area contributed by atoms with Crippen LogP contribution in [0.2, 0.25) is 0 Å². The number of fused-ring (bicyclic) bond motifs is 1. The largest absolute Gasteiger partial charge is 0.278 e. The second-order valence-electron chi connectivity index (χ2n) is 6.52. The van der Waals surface area contributed by atoms with Gasteiger partial charge < -0.3 is 0 Å². The van der Waals surface area contributed by atoms with Crippen LogP contribution < -0.4 is 4.90 Å². The molecule has 1 aromatic carbocycles. The maximum absolute atomic E-state index is 13.3. The second kappa shape index (κ2) is 6.92. The normalized spacial score (nSPS) is 11.1. The number of hydrogen-bond donors (Lipinski definition) is 0. The van der Waals surface area contributed by atoms with Gasteiger partial charge in [-0.1, -0.05) is 23.5 Å². The molecule has 4 rings (SSSR count). The van der Waals surface area contributed by atoms with E-state index < -0.39 is 0 Å². The topological polar surface area (TPSA) is 63.9 Å². The first-order valence-electron chi connectivity index (χ1n) is 8.59. The van der Waals surface area contributed by atoms with Crippen LogP contribution in [0.4, 0.5) is 5.13 Å². The first kappa shape index (κ1) is 17.4. The minimum absolute atomic E-state index is 0.132. The van der Waals surface area contributed by atoms with Gasteiger partial charge in [-0.3, -0.25) is 19.4 Å². The van der Waals surface area contributed by atoms with Crippen LogP contribution in [-0.2, 0) is 13.6 Å². The molecule has 0 bridgehead atoms. The Morgan fingerprint density at radius 2 is 2.07 bits per heavy atom. The van der Waals surface area contributed by atoms with Crippen molar-refractivity contribution in [1.82, 2.24) is 19.7 Å². The van der Waals surface area contributed by atoms with E-state index in [2.05, 4.69) is 29.1 Å². The summed E-state index contributed by atoms with van der Waals surface area (Å²) in [7, 11) is 1.77. The Bertz CT molecular complexity index is 1120. The number of anilines is 1. The van der Waals surface area contributed by atoms with Crippen LogP contribution >= 0.6 is 11.3 Å². The van der Waals surface area contributed by atoms with Crippen molar-refractivity contribution in [2.45, 2.75) is 20.4 Å². The fourth-order valence-corrected chi connectivity index (χ4v) is 4.24. The molecule has 6 nitrogen and oxygen atoms in total. The zero-order valence-corrected chi connectivity index (χ0v) is 16.2. The number of thiazole rings is 1. The third kappa shape index (κ3) is 3.33. The minimum atomic E-state index is -0.132. The number of amides is 1. The van der Waals surface area contributed by atoms with E-state index in [4.69, 9.17) is 4.98 Å². The lowest BCUT2D eigenvalue weighted by Crippen LogP contribution is -2.31. The number of aryl methyl sites for hydroxylation is 3. The van der Waals surface area contributed by atoms with E-state index in [0.29, 0.717) is 17.4 Å². The Balaban J connectivity index is 1.81. The van der Waals surface area contributed by atoms with Gasteiger partial charge >= 0.3 is 0 Å². The number of rotatable bonds is 4. The minimum Gasteiger partial charge on any atom is -0.278 e. The third-order valence-electron chi connectivity index (χ3n) is 4.40. The third-order valence-corrected chi connectivity index (χ3v) is 5.42. The number of aromatic nitrogens is 4. The molecule has 0 N–H and O–H groups in total. The Labute approximate surface area is 161 Å². The standard InChI is InChI=1S/C20H19N5OS/c1-13-9-14(2)18-17(10-13)27-20(23-18)25(12-15-5-4-7-21-11-15)19(26)16-6-8-22-24(16)3/h4-11H,12H2,1-3H3. The quantitative estimate of drug-likeness (QED) is 0.541. The van der Waals surface area contributed by atoms with Gasteiger partial charge in [0.05, 0.1) is 16.8 Å². The highest BCUT2D eigenvalue weighted by molar-refractivity contribution is 7.22. The molecule has 3 heterocycles. The van der Waals surface area contributed by atoms with E-state index in [0.717, 1.165) is 21.3 Å². The molecule has 0 radical (unpaired) electrons. The maximum atomic E-state index is 13.3. The summed E-state index contributed by atoms with van der Waals surface area (Å²) in [6, 6.07) is 9.77.